The minimum Gasteiger partial charge on any atom is -0.313 e. The van der Waals surface area contributed by atoms with Crippen LogP contribution >= 0.6 is 23.2 Å². The van der Waals surface area contributed by atoms with E-state index in [-0.39, 0.29) is 0 Å². The fourth-order valence-corrected chi connectivity index (χ4v) is 3.22. The van der Waals surface area contributed by atoms with Crippen LogP contribution in [0.2, 0.25) is 10.0 Å². The zero-order valence-electron chi connectivity index (χ0n) is 10.7. The molecule has 0 heterocycles. The summed E-state index contributed by atoms with van der Waals surface area (Å²) in [5, 5.41) is 4.59. The molecule has 1 aliphatic rings. The summed E-state index contributed by atoms with van der Waals surface area (Å²) in [5.41, 5.74) is 4.96. The van der Waals surface area contributed by atoms with Gasteiger partial charge in [-0.05, 0) is 42.6 Å². The van der Waals surface area contributed by atoms with Crippen LogP contribution in [0.15, 0.2) is 36.4 Å². The van der Waals surface area contributed by atoms with Crippen molar-refractivity contribution in [3.63, 3.8) is 0 Å². The maximum atomic E-state index is 6.29. The third kappa shape index (κ3) is 2.27. The summed E-state index contributed by atoms with van der Waals surface area (Å²) in [5.74, 6) is 0. The van der Waals surface area contributed by atoms with Crippen LogP contribution in [-0.2, 0) is 6.42 Å². The summed E-state index contributed by atoms with van der Waals surface area (Å²) in [4.78, 5) is 0. The molecule has 0 aliphatic heterocycles. The van der Waals surface area contributed by atoms with Crippen LogP contribution in [-0.4, -0.2) is 7.05 Å². The third-order valence-electron chi connectivity index (χ3n) is 3.83. The lowest BCUT2D eigenvalue weighted by molar-refractivity contribution is 0.590. The van der Waals surface area contributed by atoms with Crippen LogP contribution in [0.4, 0.5) is 0 Å². The topological polar surface area (TPSA) is 12.0 Å². The Morgan fingerprint density at radius 3 is 2.79 bits per heavy atom. The van der Waals surface area contributed by atoms with Crippen LogP contribution in [0.1, 0.15) is 23.6 Å². The van der Waals surface area contributed by atoms with Crippen molar-refractivity contribution in [2.75, 3.05) is 7.05 Å². The second kappa shape index (κ2) is 5.16. The zero-order chi connectivity index (χ0) is 13.4. The molecule has 19 heavy (non-hydrogen) atoms. The van der Waals surface area contributed by atoms with Crippen LogP contribution < -0.4 is 5.32 Å². The molecule has 2 aromatic rings. The van der Waals surface area contributed by atoms with Gasteiger partial charge < -0.3 is 5.32 Å². The Labute approximate surface area is 123 Å². The van der Waals surface area contributed by atoms with Gasteiger partial charge in [0.2, 0.25) is 0 Å². The molecule has 0 aromatic heterocycles. The molecule has 0 fully saturated rings. The van der Waals surface area contributed by atoms with E-state index in [4.69, 9.17) is 23.2 Å². The zero-order valence-corrected chi connectivity index (χ0v) is 12.2. The third-order valence-corrected chi connectivity index (χ3v) is 4.65. The number of hydrogen-bond donors (Lipinski definition) is 1. The largest absolute Gasteiger partial charge is 0.313 e. The number of halogens is 2. The molecule has 0 radical (unpaired) electrons. The van der Waals surface area contributed by atoms with E-state index in [1.54, 1.807) is 0 Å². The van der Waals surface area contributed by atoms with Gasteiger partial charge in [0.15, 0.2) is 0 Å². The Balaban J connectivity index is 2.06. The van der Waals surface area contributed by atoms with Gasteiger partial charge in [-0.2, -0.15) is 0 Å². The molecule has 1 unspecified atom stereocenters. The second-order valence-corrected chi connectivity index (χ2v) is 5.68. The van der Waals surface area contributed by atoms with Crippen molar-refractivity contribution in [3.05, 3.63) is 57.6 Å². The minimum atomic E-state index is 0.485. The number of nitrogens with one attached hydrogen (secondary N) is 1. The van der Waals surface area contributed by atoms with Crippen molar-refractivity contribution in [1.29, 1.82) is 0 Å². The molecule has 0 saturated heterocycles. The van der Waals surface area contributed by atoms with Crippen molar-refractivity contribution in [1.82, 2.24) is 5.32 Å². The molecule has 0 bridgehead atoms. The summed E-state index contributed by atoms with van der Waals surface area (Å²) >= 11 is 12.4. The molecule has 2 aromatic carbocycles. The van der Waals surface area contributed by atoms with Gasteiger partial charge in [0.1, 0.15) is 0 Å². The van der Waals surface area contributed by atoms with E-state index >= 15 is 0 Å². The summed E-state index contributed by atoms with van der Waals surface area (Å²) in [7, 11) is 2.02. The van der Waals surface area contributed by atoms with Crippen molar-refractivity contribution < 1.29 is 0 Å². The standard InChI is InChI=1S/C16H15Cl2N/c1-19-15-8-6-10-9-11(5-7-12(10)15)13-3-2-4-14(17)16(13)18/h2-5,7,9,15,19H,6,8H2,1H3. The summed E-state index contributed by atoms with van der Waals surface area (Å²) in [6.45, 7) is 0. The molecule has 0 spiro atoms. The van der Waals surface area contributed by atoms with Gasteiger partial charge in [-0.15, -0.1) is 0 Å². The fourth-order valence-electron chi connectivity index (χ4n) is 2.81. The Morgan fingerprint density at radius 1 is 1.16 bits per heavy atom. The van der Waals surface area contributed by atoms with Crippen LogP contribution in [0.5, 0.6) is 0 Å². The molecule has 1 N–H and O–H groups in total. The van der Waals surface area contributed by atoms with Gasteiger partial charge >= 0.3 is 0 Å². The first kappa shape index (κ1) is 13.0. The highest BCUT2D eigenvalue weighted by Crippen LogP contribution is 2.37. The van der Waals surface area contributed by atoms with Crippen LogP contribution in [0, 0.1) is 0 Å². The number of hydrogen-bond acceptors (Lipinski definition) is 1. The average molecular weight is 292 g/mol. The molecule has 1 aliphatic carbocycles. The number of aryl methyl sites for hydroxylation is 1. The molecule has 3 rings (SSSR count). The number of rotatable bonds is 2. The molecule has 1 nitrogen and oxygen atoms in total. The van der Waals surface area contributed by atoms with E-state index in [2.05, 4.69) is 23.5 Å². The Kier molecular flexibility index (Phi) is 3.53. The first-order valence-corrected chi connectivity index (χ1v) is 7.21. The van der Waals surface area contributed by atoms with Crippen molar-refractivity contribution >= 4 is 23.2 Å². The summed E-state index contributed by atoms with van der Waals surface area (Å²) < 4.78 is 0. The Hall–Kier alpha value is -1.02. The van der Waals surface area contributed by atoms with Gasteiger partial charge in [-0.25, -0.2) is 0 Å². The molecule has 0 amide bonds. The van der Waals surface area contributed by atoms with Crippen molar-refractivity contribution in [2.45, 2.75) is 18.9 Å². The Morgan fingerprint density at radius 2 is 2.00 bits per heavy atom. The van der Waals surface area contributed by atoms with Crippen LogP contribution in [0.3, 0.4) is 0 Å². The van der Waals surface area contributed by atoms with Gasteiger partial charge in [-0.1, -0.05) is 53.5 Å². The molecule has 0 saturated carbocycles. The van der Waals surface area contributed by atoms with E-state index < -0.39 is 0 Å². The SMILES string of the molecule is CNC1CCc2cc(-c3cccc(Cl)c3Cl)ccc21. The highest BCUT2D eigenvalue weighted by Gasteiger charge is 2.21. The lowest BCUT2D eigenvalue weighted by Gasteiger charge is -2.11. The molecular formula is C16H15Cl2N. The predicted molar refractivity (Wildman–Crippen MR) is 82.0 cm³/mol. The maximum Gasteiger partial charge on any atom is 0.0670 e. The Bertz CT molecular complexity index is 622. The average Bonchev–Trinajstić information content (AvgIpc) is 2.84. The number of benzene rings is 2. The minimum absolute atomic E-state index is 0.485. The van der Waals surface area contributed by atoms with E-state index in [1.165, 1.54) is 17.5 Å². The highest BCUT2D eigenvalue weighted by atomic mass is 35.5. The first-order chi connectivity index (χ1) is 9.20. The molecular weight excluding hydrogens is 277 g/mol. The normalized spacial score (nSPS) is 17.5. The van der Waals surface area contributed by atoms with Crippen molar-refractivity contribution in [3.8, 4) is 11.1 Å². The van der Waals surface area contributed by atoms with Gasteiger partial charge in [0.05, 0.1) is 10.0 Å². The maximum absolute atomic E-state index is 6.29. The van der Waals surface area contributed by atoms with Crippen molar-refractivity contribution in [2.24, 2.45) is 0 Å². The number of fused-ring (bicyclic) bond motifs is 1. The van der Waals surface area contributed by atoms with E-state index in [1.807, 2.05) is 25.2 Å². The smallest absolute Gasteiger partial charge is 0.0670 e. The monoisotopic (exact) mass is 291 g/mol. The van der Waals surface area contributed by atoms with Gasteiger partial charge in [-0.3, -0.25) is 0 Å². The fraction of sp³-hybridized carbons (Fsp3) is 0.250. The molecule has 1 atom stereocenters. The quantitative estimate of drug-likeness (QED) is 0.833. The lowest BCUT2D eigenvalue weighted by atomic mass is 10.00. The molecule has 98 valence electrons. The van der Waals surface area contributed by atoms with E-state index in [0.29, 0.717) is 16.1 Å². The highest BCUT2D eigenvalue weighted by molar-refractivity contribution is 6.43. The summed E-state index contributed by atoms with van der Waals surface area (Å²) in [6, 6.07) is 12.8. The van der Waals surface area contributed by atoms with E-state index in [9.17, 15) is 0 Å². The molecule has 3 heteroatoms. The second-order valence-electron chi connectivity index (χ2n) is 4.89. The van der Waals surface area contributed by atoms with E-state index in [0.717, 1.165) is 17.5 Å². The van der Waals surface area contributed by atoms with Gasteiger partial charge in [0.25, 0.3) is 0 Å². The predicted octanol–water partition coefficient (Wildman–Crippen LogP) is 4.87. The summed E-state index contributed by atoms with van der Waals surface area (Å²) in [6.07, 6.45) is 2.28. The first-order valence-electron chi connectivity index (χ1n) is 6.45. The van der Waals surface area contributed by atoms with Crippen LogP contribution in [0.25, 0.3) is 11.1 Å². The lowest BCUT2D eigenvalue weighted by Crippen LogP contribution is -2.12. The van der Waals surface area contributed by atoms with Gasteiger partial charge in [0, 0.05) is 11.6 Å².